The van der Waals surface area contributed by atoms with Crippen LogP contribution in [0, 0.1) is 0 Å². The molecule has 34 heavy (non-hydrogen) atoms. The fraction of sp³-hybridized carbons (Fsp3) is 0.240. The number of methoxy groups -OCH3 is 2. The number of rotatable bonds is 10. The number of ether oxygens (including phenoxy) is 3. The topological polar surface area (TPSA) is 97.8 Å². The second-order valence-corrected chi connectivity index (χ2v) is 7.55. The van der Waals surface area contributed by atoms with Crippen LogP contribution in [0.5, 0.6) is 17.4 Å². The summed E-state index contributed by atoms with van der Waals surface area (Å²) >= 11 is 0. The minimum absolute atomic E-state index is 0.251. The predicted octanol–water partition coefficient (Wildman–Crippen LogP) is 4.15. The van der Waals surface area contributed by atoms with Crippen molar-refractivity contribution in [2.24, 2.45) is 0 Å². The molecule has 1 aromatic heterocycles. The molecule has 0 fully saturated rings. The van der Waals surface area contributed by atoms with Gasteiger partial charge in [0.15, 0.2) is 5.75 Å². The van der Waals surface area contributed by atoms with Crippen LogP contribution in [-0.4, -0.2) is 49.8 Å². The second kappa shape index (κ2) is 10.7. The molecule has 176 valence electrons. The molecule has 1 amide bonds. The van der Waals surface area contributed by atoms with Crippen molar-refractivity contribution < 1.29 is 19.0 Å². The number of anilines is 4. The molecular formula is C25H27N5O4. The van der Waals surface area contributed by atoms with Gasteiger partial charge in [-0.2, -0.15) is 4.98 Å². The predicted molar refractivity (Wildman–Crippen MR) is 131 cm³/mol. The van der Waals surface area contributed by atoms with Gasteiger partial charge in [-0.25, -0.2) is 4.98 Å². The molecule has 4 rings (SSSR count). The first kappa shape index (κ1) is 23.1. The summed E-state index contributed by atoms with van der Waals surface area (Å²) in [6, 6.07) is 13.1. The quantitative estimate of drug-likeness (QED) is 0.435. The molecule has 1 aliphatic rings. The third-order valence-electron chi connectivity index (χ3n) is 5.38. The summed E-state index contributed by atoms with van der Waals surface area (Å²) in [4.78, 5) is 22.8. The molecule has 0 unspecified atom stereocenters. The summed E-state index contributed by atoms with van der Waals surface area (Å²) in [5.41, 5.74) is 3.92. The van der Waals surface area contributed by atoms with Crippen LogP contribution in [-0.2, 0) is 16.0 Å². The van der Waals surface area contributed by atoms with Crippen LogP contribution in [0.3, 0.4) is 0 Å². The highest BCUT2D eigenvalue weighted by Gasteiger charge is 2.22. The summed E-state index contributed by atoms with van der Waals surface area (Å²) in [6.45, 7) is 5.92. The highest BCUT2D eigenvalue weighted by molar-refractivity contribution is 5.98. The number of carbonyl (C=O) groups excluding carboxylic acids is 1. The van der Waals surface area contributed by atoms with Crippen molar-refractivity contribution >= 4 is 28.9 Å². The largest absolute Gasteiger partial charge is 0.490 e. The number of aromatic nitrogens is 2. The van der Waals surface area contributed by atoms with Crippen LogP contribution < -0.4 is 25.0 Å². The van der Waals surface area contributed by atoms with E-state index >= 15 is 0 Å². The number of nitrogens with one attached hydrogen (secondary N) is 2. The lowest BCUT2D eigenvalue weighted by atomic mass is 10.1. The Bertz CT molecular complexity index is 1180. The SMILES string of the molecule is C=CC(=O)Nc1cccc(Oc2nc(Nc3cccc4c3CCN4CCOC)ncc2OC)c1. The second-order valence-electron chi connectivity index (χ2n) is 7.55. The van der Waals surface area contributed by atoms with Gasteiger partial charge in [-0.1, -0.05) is 18.7 Å². The number of benzene rings is 2. The number of carbonyl (C=O) groups is 1. The fourth-order valence-electron chi connectivity index (χ4n) is 3.74. The Hall–Kier alpha value is -4.11. The average molecular weight is 462 g/mol. The van der Waals surface area contributed by atoms with Gasteiger partial charge in [-0.3, -0.25) is 4.79 Å². The van der Waals surface area contributed by atoms with E-state index in [1.165, 1.54) is 24.4 Å². The molecule has 0 aliphatic carbocycles. The first-order valence-corrected chi connectivity index (χ1v) is 10.9. The molecule has 2 aromatic carbocycles. The summed E-state index contributed by atoms with van der Waals surface area (Å²) in [6.07, 6.45) is 3.68. The van der Waals surface area contributed by atoms with Crippen LogP contribution in [0.25, 0.3) is 0 Å². The summed E-state index contributed by atoms with van der Waals surface area (Å²) in [5, 5.41) is 6.03. The lowest BCUT2D eigenvalue weighted by Gasteiger charge is -2.19. The minimum Gasteiger partial charge on any atom is -0.490 e. The van der Waals surface area contributed by atoms with E-state index in [1.54, 1.807) is 37.6 Å². The third kappa shape index (κ3) is 5.26. The molecule has 3 aromatic rings. The normalized spacial score (nSPS) is 12.1. The Morgan fingerprint density at radius 1 is 1.24 bits per heavy atom. The molecule has 2 N–H and O–H groups in total. The Kier molecular flexibility index (Phi) is 7.24. The standard InChI is InChI=1S/C25H27N5O4/c1-4-23(31)27-17-7-5-8-18(15-17)34-24-22(33-3)16-26-25(29-24)28-20-9-6-10-21-19(20)11-12-30(21)13-14-32-2/h4-10,15-16H,1,11-14H2,2-3H3,(H,27,31)(H,26,28,29). The molecule has 0 atom stereocenters. The zero-order chi connectivity index (χ0) is 23.9. The van der Waals surface area contributed by atoms with Crippen LogP contribution in [0.15, 0.2) is 61.3 Å². The number of amides is 1. The zero-order valence-corrected chi connectivity index (χ0v) is 19.2. The van der Waals surface area contributed by atoms with Crippen molar-refractivity contribution in [1.82, 2.24) is 9.97 Å². The maximum atomic E-state index is 11.6. The van der Waals surface area contributed by atoms with Crippen LogP contribution in [0.2, 0.25) is 0 Å². The van der Waals surface area contributed by atoms with E-state index in [0.717, 1.165) is 25.2 Å². The summed E-state index contributed by atoms with van der Waals surface area (Å²) in [5.74, 6) is 1.20. The first-order chi connectivity index (χ1) is 16.6. The lowest BCUT2D eigenvalue weighted by Crippen LogP contribution is -2.24. The van der Waals surface area contributed by atoms with Gasteiger partial charge < -0.3 is 29.7 Å². The van der Waals surface area contributed by atoms with Crippen molar-refractivity contribution in [3.8, 4) is 17.4 Å². The van der Waals surface area contributed by atoms with Gasteiger partial charge in [0.05, 0.1) is 19.9 Å². The Morgan fingerprint density at radius 2 is 2.09 bits per heavy atom. The van der Waals surface area contributed by atoms with E-state index in [-0.39, 0.29) is 11.8 Å². The van der Waals surface area contributed by atoms with E-state index in [0.29, 0.717) is 29.7 Å². The minimum atomic E-state index is -0.306. The smallest absolute Gasteiger partial charge is 0.267 e. The van der Waals surface area contributed by atoms with Gasteiger partial charge in [-0.15, -0.1) is 0 Å². The molecule has 9 heteroatoms. The van der Waals surface area contributed by atoms with Gasteiger partial charge >= 0.3 is 0 Å². The Balaban J connectivity index is 1.55. The molecule has 9 nitrogen and oxygen atoms in total. The van der Waals surface area contributed by atoms with Crippen molar-refractivity contribution in [2.45, 2.75) is 6.42 Å². The first-order valence-electron chi connectivity index (χ1n) is 10.9. The van der Waals surface area contributed by atoms with Gasteiger partial charge in [-0.05, 0) is 36.8 Å². The Morgan fingerprint density at radius 3 is 2.88 bits per heavy atom. The van der Waals surface area contributed by atoms with Crippen molar-refractivity contribution in [1.29, 1.82) is 0 Å². The summed E-state index contributed by atoms with van der Waals surface area (Å²) in [7, 11) is 3.24. The van der Waals surface area contributed by atoms with Crippen molar-refractivity contribution in [2.75, 3.05) is 49.4 Å². The molecule has 0 saturated heterocycles. The van der Waals surface area contributed by atoms with Gasteiger partial charge in [0, 0.05) is 48.9 Å². The van der Waals surface area contributed by atoms with E-state index in [1.807, 2.05) is 12.1 Å². The van der Waals surface area contributed by atoms with Crippen LogP contribution in [0.1, 0.15) is 5.56 Å². The zero-order valence-electron chi connectivity index (χ0n) is 19.2. The van der Waals surface area contributed by atoms with E-state index in [9.17, 15) is 4.79 Å². The maximum absolute atomic E-state index is 11.6. The van der Waals surface area contributed by atoms with Gasteiger partial charge in [0.2, 0.25) is 11.9 Å². The molecule has 0 saturated carbocycles. The van der Waals surface area contributed by atoms with Gasteiger partial charge in [0.1, 0.15) is 5.75 Å². The maximum Gasteiger partial charge on any atom is 0.267 e. The molecule has 2 heterocycles. The summed E-state index contributed by atoms with van der Waals surface area (Å²) < 4.78 is 16.6. The van der Waals surface area contributed by atoms with E-state index < -0.39 is 0 Å². The highest BCUT2D eigenvalue weighted by atomic mass is 16.5. The number of nitrogens with zero attached hydrogens (tertiary/aromatic N) is 3. The fourth-order valence-corrected chi connectivity index (χ4v) is 3.74. The Labute approximate surface area is 198 Å². The molecule has 0 radical (unpaired) electrons. The third-order valence-corrected chi connectivity index (χ3v) is 5.38. The average Bonchev–Trinajstić information content (AvgIpc) is 3.27. The molecular weight excluding hydrogens is 434 g/mol. The van der Waals surface area contributed by atoms with Crippen molar-refractivity contribution in [3.05, 3.63) is 66.9 Å². The molecule has 0 spiro atoms. The number of fused-ring (bicyclic) bond motifs is 1. The molecule has 1 aliphatic heterocycles. The molecule has 0 bridgehead atoms. The highest BCUT2D eigenvalue weighted by Crippen LogP contribution is 2.36. The van der Waals surface area contributed by atoms with Crippen LogP contribution in [0.4, 0.5) is 23.0 Å². The van der Waals surface area contributed by atoms with Crippen molar-refractivity contribution in [3.63, 3.8) is 0 Å². The van der Waals surface area contributed by atoms with E-state index in [2.05, 4.69) is 38.1 Å². The van der Waals surface area contributed by atoms with Crippen LogP contribution >= 0.6 is 0 Å². The monoisotopic (exact) mass is 461 g/mol. The lowest BCUT2D eigenvalue weighted by molar-refractivity contribution is -0.111. The number of hydrogen-bond donors (Lipinski definition) is 2. The van der Waals surface area contributed by atoms with E-state index in [4.69, 9.17) is 14.2 Å². The van der Waals surface area contributed by atoms with Gasteiger partial charge in [0.25, 0.3) is 5.88 Å². The number of hydrogen-bond acceptors (Lipinski definition) is 8.